The van der Waals surface area contributed by atoms with Crippen LogP contribution in [0.2, 0.25) is 5.02 Å². The van der Waals surface area contributed by atoms with Gasteiger partial charge in [-0.1, -0.05) is 35.9 Å². The molecule has 0 aliphatic heterocycles. The second-order valence-corrected chi connectivity index (χ2v) is 8.63. The van der Waals surface area contributed by atoms with E-state index in [0.717, 1.165) is 0 Å². The summed E-state index contributed by atoms with van der Waals surface area (Å²) >= 11 is 5.81. The van der Waals surface area contributed by atoms with Crippen LogP contribution in [-0.2, 0) is 10.0 Å². The second kappa shape index (κ2) is 8.21. The van der Waals surface area contributed by atoms with E-state index < -0.39 is 15.9 Å². The van der Waals surface area contributed by atoms with Crippen LogP contribution in [0.25, 0.3) is 10.9 Å². The third kappa shape index (κ3) is 4.42. The predicted octanol–water partition coefficient (Wildman–Crippen LogP) is 5.25. The number of anilines is 1. The third-order valence-corrected chi connectivity index (χ3v) is 6.02. The van der Waals surface area contributed by atoms with Gasteiger partial charge in [-0.2, -0.15) is 0 Å². The Morgan fingerprint density at radius 1 is 1.00 bits per heavy atom. The molecule has 1 aromatic heterocycles. The van der Waals surface area contributed by atoms with E-state index >= 15 is 0 Å². The summed E-state index contributed by atoms with van der Waals surface area (Å²) in [4.78, 5) is 15.1. The Kier molecular flexibility index (Phi) is 5.45. The fourth-order valence-electron chi connectivity index (χ4n) is 2.90. The number of hydrogen-bond donors (Lipinski definition) is 3. The summed E-state index contributed by atoms with van der Waals surface area (Å²) < 4.78 is 27.7. The third-order valence-electron chi connectivity index (χ3n) is 4.39. The molecule has 0 atom stereocenters. The van der Waals surface area contributed by atoms with Crippen LogP contribution in [0.1, 0.15) is 10.4 Å². The van der Waals surface area contributed by atoms with Crippen LogP contribution >= 0.6 is 11.6 Å². The van der Waals surface area contributed by atoms with Crippen LogP contribution in [0, 0.1) is 0 Å². The normalized spacial score (nSPS) is 11.8. The maximum absolute atomic E-state index is 12.7. The van der Waals surface area contributed by atoms with E-state index in [2.05, 4.69) is 19.9 Å². The average Bonchev–Trinajstić information content (AvgIpc) is 3.08. The molecule has 10 heteroatoms. The van der Waals surface area contributed by atoms with Gasteiger partial charge in [0.1, 0.15) is 0 Å². The smallest absolute Gasteiger partial charge is 0.295 e. The number of H-pyrrole nitrogens is 1. The maximum Gasteiger partial charge on any atom is 0.295 e. The van der Waals surface area contributed by atoms with Crippen LogP contribution in [-0.4, -0.2) is 24.4 Å². The largest absolute Gasteiger partial charge is 0.493 e. The van der Waals surface area contributed by atoms with Crippen molar-refractivity contribution in [3.05, 3.63) is 83.4 Å². The van der Waals surface area contributed by atoms with Crippen molar-refractivity contribution in [2.45, 2.75) is 4.90 Å². The number of carbonyl (C=O) groups is 1. The number of sulfonamides is 1. The zero-order chi connectivity index (χ0) is 22.0. The fraction of sp³-hybridized carbons (Fsp3) is 0. The van der Waals surface area contributed by atoms with Crippen molar-refractivity contribution >= 4 is 49.8 Å². The molecule has 0 spiro atoms. The first kappa shape index (κ1) is 20.6. The minimum absolute atomic E-state index is 0.0297. The fourth-order valence-corrected chi connectivity index (χ4v) is 4.13. The van der Waals surface area contributed by atoms with E-state index in [1.165, 1.54) is 36.4 Å². The van der Waals surface area contributed by atoms with Gasteiger partial charge in [-0.05, 0) is 48.5 Å². The molecule has 1 heterocycles. The lowest BCUT2D eigenvalue weighted by atomic mass is 10.2. The molecule has 4 aromatic rings. The van der Waals surface area contributed by atoms with Crippen LogP contribution in [0.15, 0.2) is 87.9 Å². The summed E-state index contributed by atoms with van der Waals surface area (Å²) in [5.41, 5.74) is 1.12. The number of aromatic hydroxyl groups is 1. The van der Waals surface area contributed by atoms with Crippen molar-refractivity contribution in [2.75, 3.05) is 4.72 Å². The molecule has 0 fully saturated rings. The van der Waals surface area contributed by atoms with Crippen molar-refractivity contribution in [3.63, 3.8) is 0 Å². The van der Waals surface area contributed by atoms with Crippen LogP contribution in [0.4, 0.5) is 11.4 Å². The number of hydrogen-bond acceptors (Lipinski definition) is 5. The molecule has 0 unspecified atom stereocenters. The highest BCUT2D eigenvalue weighted by Crippen LogP contribution is 2.35. The van der Waals surface area contributed by atoms with Crippen LogP contribution in [0.5, 0.6) is 5.88 Å². The molecule has 0 saturated heterocycles. The highest BCUT2D eigenvalue weighted by molar-refractivity contribution is 7.92. The van der Waals surface area contributed by atoms with Gasteiger partial charge in [-0.15, -0.1) is 10.2 Å². The number of nitrogens with zero attached hydrogens (tertiary/aromatic N) is 2. The van der Waals surface area contributed by atoms with Crippen LogP contribution in [0.3, 0.4) is 0 Å². The van der Waals surface area contributed by atoms with Gasteiger partial charge >= 0.3 is 0 Å². The molecule has 0 aliphatic rings. The molecular weight excluding hydrogens is 440 g/mol. The minimum atomic E-state index is -3.94. The molecule has 0 aliphatic carbocycles. The van der Waals surface area contributed by atoms with Gasteiger partial charge in [-0.25, -0.2) is 8.42 Å². The van der Waals surface area contributed by atoms with E-state index in [9.17, 15) is 18.3 Å². The number of azo groups is 1. The summed E-state index contributed by atoms with van der Waals surface area (Å²) in [6, 6.07) is 18.6. The van der Waals surface area contributed by atoms with Gasteiger partial charge in [-0.3, -0.25) is 9.52 Å². The Morgan fingerprint density at radius 3 is 2.52 bits per heavy atom. The topological polar surface area (TPSA) is 124 Å². The molecule has 8 nitrogen and oxygen atoms in total. The van der Waals surface area contributed by atoms with E-state index in [0.29, 0.717) is 21.6 Å². The Balaban J connectivity index is 1.58. The summed E-state index contributed by atoms with van der Waals surface area (Å²) in [5.74, 6) is -0.977. The Morgan fingerprint density at radius 2 is 1.74 bits per heavy atom. The van der Waals surface area contributed by atoms with Gasteiger partial charge in [0.2, 0.25) is 5.88 Å². The number of fused-ring (bicyclic) bond motifs is 1. The number of carbonyl (C=O) groups excluding carboxylic acids is 1. The Bertz CT molecular complexity index is 1410. The first-order valence-corrected chi connectivity index (χ1v) is 10.8. The van der Waals surface area contributed by atoms with Crippen molar-refractivity contribution in [1.29, 1.82) is 0 Å². The van der Waals surface area contributed by atoms with Gasteiger partial charge in [0, 0.05) is 21.7 Å². The lowest BCUT2D eigenvalue weighted by molar-refractivity contribution is 0.0995. The number of rotatable bonds is 5. The summed E-state index contributed by atoms with van der Waals surface area (Å²) in [6.07, 6.45) is 0. The second-order valence-electron chi connectivity index (χ2n) is 6.51. The van der Waals surface area contributed by atoms with Crippen molar-refractivity contribution < 1.29 is 18.3 Å². The zero-order valence-corrected chi connectivity index (χ0v) is 17.4. The van der Waals surface area contributed by atoms with E-state index in [1.54, 1.807) is 36.4 Å². The standard InChI is InChI=1S/C21H15ClN4O4S/c22-14-8-10-15(11-9-14)26-31(29,30)16-5-3-4-13(12-16)20(27)25-24-19-17-6-1-2-7-18(17)23-21(19)28/h1-12,23,26,28H. The molecular formula is C21H15ClN4O4S. The quantitative estimate of drug-likeness (QED) is 0.356. The number of aromatic nitrogens is 1. The number of halogens is 1. The summed E-state index contributed by atoms with van der Waals surface area (Å²) in [7, 11) is -3.94. The summed E-state index contributed by atoms with van der Waals surface area (Å²) in [6.45, 7) is 0. The van der Waals surface area contributed by atoms with Gasteiger partial charge in [0.15, 0.2) is 5.69 Å². The number of benzene rings is 3. The molecule has 31 heavy (non-hydrogen) atoms. The Labute approximate surface area is 182 Å². The van der Waals surface area contributed by atoms with Crippen molar-refractivity contribution in [2.24, 2.45) is 10.2 Å². The molecule has 1 amide bonds. The minimum Gasteiger partial charge on any atom is -0.493 e. The van der Waals surface area contributed by atoms with Gasteiger partial charge < -0.3 is 10.1 Å². The van der Waals surface area contributed by atoms with Gasteiger partial charge in [0.05, 0.1) is 10.4 Å². The highest BCUT2D eigenvalue weighted by Gasteiger charge is 2.17. The van der Waals surface area contributed by atoms with E-state index in [4.69, 9.17) is 11.6 Å². The highest BCUT2D eigenvalue weighted by atomic mass is 35.5. The summed E-state index contributed by atoms with van der Waals surface area (Å²) in [5, 5.41) is 18.6. The van der Waals surface area contributed by atoms with E-state index in [1.807, 2.05) is 0 Å². The molecule has 3 aromatic carbocycles. The molecule has 0 bridgehead atoms. The maximum atomic E-state index is 12.7. The molecule has 3 N–H and O–H groups in total. The first-order valence-electron chi connectivity index (χ1n) is 8.98. The first-order chi connectivity index (χ1) is 14.8. The number of aromatic amines is 1. The number of amides is 1. The molecule has 0 saturated carbocycles. The monoisotopic (exact) mass is 454 g/mol. The Hall–Kier alpha value is -3.69. The van der Waals surface area contributed by atoms with Crippen LogP contribution < -0.4 is 4.72 Å². The molecule has 0 radical (unpaired) electrons. The van der Waals surface area contributed by atoms with Gasteiger partial charge in [0.25, 0.3) is 15.9 Å². The number of nitrogens with one attached hydrogen (secondary N) is 2. The SMILES string of the molecule is O=C(N=Nc1c(O)[nH]c2ccccc12)c1cccc(S(=O)(=O)Nc2ccc(Cl)cc2)c1. The lowest BCUT2D eigenvalue weighted by Crippen LogP contribution is -2.13. The molecule has 4 rings (SSSR count). The zero-order valence-electron chi connectivity index (χ0n) is 15.8. The van der Waals surface area contributed by atoms with Crippen molar-refractivity contribution in [3.8, 4) is 5.88 Å². The lowest BCUT2D eigenvalue weighted by Gasteiger charge is -2.08. The molecule has 156 valence electrons. The van der Waals surface area contributed by atoms with E-state index in [-0.39, 0.29) is 22.0 Å². The predicted molar refractivity (Wildman–Crippen MR) is 118 cm³/mol. The van der Waals surface area contributed by atoms with Crippen molar-refractivity contribution in [1.82, 2.24) is 4.98 Å². The number of para-hydroxylation sites is 1. The average molecular weight is 455 g/mol.